The van der Waals surface area contributed by atoms with Gasteiger partial charge in [0, 0.05) is 0 Å². The summed E-state index contributed by atoms with van der Waals surface area (Å²) in [6, 6.07) is 0. The quantitative estimate of drug-likeness (QED) is 0.437. The summed E-state index contributed by atoms with van der Waals surface area (Å²) in [4.78, 5) is 0. The number of hydrogen-bond acceptors (Lipinski definition) is 0. The average molecular weight is 238 g/mol. The highest BCUT2D eigenvalue weighted by atomic mass is 35.7. The van der Waals surface area contributed by atoms with E-state index in [0.717, 1.165) is 0 Å². The summed E-state index contributed by atoms with van der Waals surface area (Å²) in [6.45, 7) is 8.32. The first kappa shape index (κ1) is 13.9. The van der Waals surface area contributed by atoms with Gasteiger partial charge in [-0.05, 0) is 13.1 Å². The summed E-state index contributed by atoms with van der Waals surface area (Å²) in [5.74, 6) is 0. The van der Waals surface area contributed by atoms with Gasteiger partial charge in [-0.1, -0.05) is 19.6 Å². The van der Waals surface area contributed by atoms with Crippen molar-refractivity contribution in [1.82, 2.24) is 0 Å². The van der Waals surface area contributed by atoms with Gasteiger partial charge in [-0.15, -0.1) is 22.2 Å². The van der Waals surface area contributed by atoms with E-state index in [9.17, 15) is 0 Å². The Morgan fingerprint density at radius 1 is 0.700 bits per heavy atom. The predicted octanol–water partition coefficient (Wildman–Crippen LogP) is 4.23. The molecule has 0 atom stereocenters. The summed E-state index contributed by atoms with van der Waals surface area (Å²) in [5.41, 5.74) is 0. The fourth-order valence-corrected chi connectivity index (χ4v) is 0. The lowest BCUT2D eigenvalue weighted by Gasteiger charge is -1.97. The second-order valence-electron chi connectivity index (χ2n) is 3.39. The van der Waals surface area contributed by atoms with E-state index in [1.807, 2.05) is 13.1 Å². The van der Waals surface area contributed by atoms with Crippen molar-refractivity contribution in [2.45, 2.75) is 32.7 Å². The van der Waals surface area contributed by atoms with Crippen LogP contribution >= 0.6 is 33.2 Å². The molecule has 0 radical (unpaired) electrons. The lowest BCUT2D eigenvalue weighted by Crippen LogP contribution is -2.06. The molecule has 0 spiro atoms. The van der Waals surface area contributed by atoms with Crippen LogP contribution in [0.3, 0.4) is 0 Å². The normalized spacial score (nSPS) is 12.0. The minimum atomic E-state index is -1.67. The monoisotopic (exact) mass is 236 g/mol. The topological polar surface area (TPSA) is 0 Å². The molecule has 0 unspecified atom stereocenters. The van der Waals surface area contributed by atoms with Gasteiger partial charge in [-0.25, -0.2) is 0 Å². The Morgan fingerprint density at radius 2 is 0.700 bits per heavy atom. The fraction of sp³-hybridized carbons (Fsp3) is 1.00. The van der Waals surface area contributed by atoms with Crippen LogP contribution in [-0.2, 0) is 0 Å². The van der Waals surface area contributed by atoms with E-state index < -0.39 is 14.1 Å². The predicted molar refractivity (Wildman–Crippen MR) is 58.4 cm³/mol. The van der Waals surface area contributed by atoms with Crippen molar-refractivity contribution in [3.63, 3.8) is 0 Å². The highest BCUT2D eigenvalue weighted by Crippen LogP contribution is 2.10. The van der Waals surface area contributed by atoms with Crippen molar-refractivity contribution in [3.8, 4) is 0 Å². The van der Waals surface area contributed by atoms with Gasteiger partial charge in [-0.2, -0.15) is 11.1 Å². The lowest BCUT2D eigenvalue weighted by molar-refractivity contribution is 1.87. The Hall–Kier alpha value is 1.30. The van der Waals surface area contributed by atoms with Crippen LogP contribution in [0.4, 0.5) is 0 Å². The van der Waals surface area contributed by atoms with Crippen LogP contribution < -0.4 is 0 Å². The second-order valence-corrected chi connectivity index (χ2v) is 19.8. The van der Waals surface area contributed by atoms with Crippen molar-refractivity contribution in [2.24, 2.45) is 0 Å². The third-order valence-electron chi connectivity index (χ3n) is 0. The summed E-state index contributed by atoms with van der Waals surface area (Å²) >= 11 is 16.5. The first-order valence-corrected chi connectivity index (χ1v) is 12.6. The zero-order chi connectivity index (χ0) is 9.00. The van der Waals surface area contributed by atoms with Gasteiger partial charge in [0.15, 0.2) is 0 Å². The molecule has 10 heavy (non-hydrogen) atoms. The van der Waals surface area contributed by atoms with Crippen molar-refractivity contribution >= 4 is 47.3 Å². The molecule has 0 aliphatic rings. The number of halogens is 3. The van der Waals surface area contributed by atoms with E-state index in [1.54, 1.807) is 0 Å². The zero-order valence-corrected chi connectivity index (χ0v) is 11.4. The highest BCUT2D eigenvalue weighted by Gasteiger charge is 2.08. The van der Waals surface area contributed by atoms with E-state index in [0.29, 0.717) is 0 Å². The van der Waals surface area contributed by atoms with Crippen molar-refractivity contribution in [1.29, 1.82) is 0 Å². The van der Waals surface area contributed by atoms with Crippen LogP contribution in [0.5, 0.6) is 0 Å². The van der Waals surface area contributed by atoms with Gasteiger partial charge in [-0.3, -0.25) is 0 Å². The Labute approximate surface area is 80.0 Å². The SMILES string of the molecule is C[Si](C)(C)Cl.C[Si](C)(Cl)Cl. The summed E-state index contributed by atoms with van der Waals surface area (Å²) in [6.07, 6.45) is 0. The molecule has 64 valence electrons. The van der Waals surface area contributed by atoms with Crippen molar-refractivity contribution < 1.29 is 0 Å². The van der Waals surface area contributed by atoms with E-state index >= 15 is 0 Å². The third-order valence-corrected chi connectivity index (χ3v) is 0. The first-order chi connectivity index (χ1) is 4.00. The molecule has 0 saturated carbocycles. The molecule has 5 heteroatoms. The molecule has 0 saturated heterocycles. The smallest absolute Gasteiger partial charge is 0.168 e. The molecule has 0 aromatic carbocycles. The Balaban J connectivity index is 0. The highest BCUT2D eigenvalue weighted by molar-refractivity contribution is 7.44. The fourth-order valence-electron chi connectivity index (χ4n) is 0. The van der Waals surface area contributed by atoms with E-state index in [-0.39, 0.29) is 0 Å². The molecular weight excluding hydrogens is 223 g/mol. The number of rotatable bonds is 0. The van der Waals surface area contributed by atoms with Gasteiger partial charge in [0.2, 0.25) is 6.69 Å². The first-order valence-electron chi connectivity index (χ1n) is 3.07. The van der Waals surface area contributed by atoms with Gasteiger partial charge < -0.3 is 0 Å². The maximum absolute atomic E-state index is 5.67. The maximum atomic E-state index is 5.67. The largest absolute Gasteiger partial charge is 0.245 e. The third kappa shape index (κ3) is 377. The van der Waals surface area contributed by atoms with Gasteiger partial charge in [0.05, 0.1) is 0 Å². The standard InChI is InChI=1S/C3H9ClSi.C2H6Cl2Si/c2*1-5(2,3)4/h1-3H3;1-2H3. The van der Waals surface area contributed by atoms with Crippen LogP contribution in [0.15, 0.2) is 0 Å². The van der Waals surface area contributed by atoms with Crippen molar-refractivity contribution in [3.05, 3.63) is 0 Å². The van der Waals surface area contributed by atoms with Crippen LogP contribution in [0, 0.1) is 0 Å². The molecule has 0 N–H and O–H groups in total. The summed E-state index contributed by atoms with van der Waals surface area (Å²) in [5, 5.41) is 0. The molecule has 0 rings (SSSR count). The Kier molecular flexibility index (Phi) is 6.99. The molecule has 0 amide bonds. The summed E-state index contributed by atoms with van der Waals surface area (Å²) < 4.78 is 0. The van der Waals surface area contributed by atoms with Gasteiger partial charge in [0.1, 0.15) is 7.38 Å². The van der Waals surface area contributed by atoms with Crippen molar-refractivity contribution in [2.75, 3.05) is 0 Å². The maximum Gasteiger partial charge on any atom is 0.245 e. The molecular formula is C5H15Cl3Si2. The Morgan fingerprint density at radius 3 is 0.700 bits per heavy atom. The van der Waals surface area contributed by atoms with E-state index in [2.05, 4.69) is 19.6 Å². The molecule has 0 aromatic rings. The summed E-state index contributed by atoms with van der Waals surface area (Å²) in [7, 11) is -1.14. The van der Waals surface area contributed by atoms with E-state index in [1.165, 1.54) is 0 Å². The minimum Gasteiger partial charge on any atom is -0.168 e. The van der Waals surface area contributed by atoms with Crippen LogP contribution in [0.25, 0.3) is 0 Å². The lowest BCUT2D eigenvalue weighted by atomic mass is 11.8. The molecule has 0 heterocycles. The van der Waals surface area contributed by atoms with Crippen LogP contribution in [0.1, 0.15) is 0 Å². The molecule has 0 nitrogen and oxygen atoms in total. The average Bonchev–Trinajstić information content (AvgIpc) is 1.12. The molecule has 0 bridgehead atoms. The molecule has 0 aliphatic heterocycles. The Bertz CT molecular complexity index is 57.9. The van der Waals surface area contributed by atoms with E-state index in [4.69, 9.17) is 33.2 Å². The zero-order valence-electron chi connectivity index (χ0n) is 7.13. The second kappa shape index (κ2) is 5.04. The van der Waals surface area contributed by atoms with Gasteiger partial charge in [0.25, 0.3) is 0 Å². The molecule has 0 aliphatic carbocycles. The minimum absolute atomic E-state index is 1.14. The number of hydrogen-bond donors (Lipinski definition) is 0. The van der Waals surface area contributed by atoms with Crippen LogP contribution in [0.2, 0.25) is 32.7 Å². The molecule has 0 fully saturated rings. The molecule has 0 aromatic heterocycles. The van der Waals surface area contributed by atoms with Gasteiger partial charge >= 0.3 is 0 Å². The van der Waals surface area contributed by atoms with Crippen LogP contribution in [-0.4, -0.2) is 14.1 Å².